The lowest BCUT2D eigenvalue weighted by Gasteiger charge is -2.05. The van der Waals surface area contributed by atoms with Gasteiger partial charge < -0.3 is 10.2 Å². The molecule has 0 aromatic carbocycles. The summed E-state index contributed by atoms with van der Waals surface area (Å²) in [6, 6.07) is 1.69. The Bertz CT molecular complexity index is 294. The summed E-state index contributed by atoms with van der Waals surface area (Å²) in [5.41, 5.74) is 0. The predicted octanol–water partition coefficient (Wildman–Crippen LogP) is 0.404. The van der Waals surface area contributed by atoms with Crippen LogP contribution in [-0.2, 0) is 4.79 Å². The molecule has 0 spiro atoms. The van der Waals surface area contributed by atoms with E-state index in [1.807, 2.05) is 0 Å². The van der Waals surface area contributed by atoms with Crippen molar-refractivity contribution in [1.82, 2.24) is 9.97 Å². The van der Waals surface area contributed by atoms with Gasteiger partial charge in [-0.2, -0.15) is 0 Å². The van der Waals surface area contributed by atoms with Crippen molar-refractivity contribution in [2.75, 3.05) is 5.75 Å². The van der Waals surface area contributed by atoms with Gasteiger partial charge in [-0.3, -0.25) is 4.79 Å². The molecule has 2 N–H and O–H groups in total. The third kappa shape index (κ3) is 4.20. The Morgan fingerprint density at radius 1 is 1.50 bits per heavy atom. The molecule has 6 heteroatoms. The number of aromatic nitrogens is 2. The maximum Gasteiger partial charge on any atom is 0.306 e. The quantitative estimate of drug-likeness (QED) is 0.545. The number of hydrogen-bond donors (Lipinski definition) is 2. The zero-order valence-corrected chi connectivity index (χ0v) is 8.15. The molecule has 0 saturated heterocycles. The zero-order chi connectivity index (χ0) is 10.4. The first-order chi connectivity index (χ1) is 6.68. The molecule has 0 aliphatic heterocycles. The average Bonchev–Trinajstić information content (AvgIpc) is 2.15. The van der Waals surface area contributed by atoms with Crippen molar-refractivity contribution < 1.29 is 15.0 Å². The second-order valence-corrected chi connectivity index (χ2v) is 3.58. The van der Waals surface area contributed by atoms with E-state index in [4.69, 9.17) is 5.11 Å². The SMILES string of the molecule is O=C(O)CC(O)CSc1ncccn1. The van der Waals surface area contributed by atoms with Gasteiger partial charge in [-0.25, -0.2) is 9.97 Å². The fraction of sp³-hybridized carbons (Fsp3) is 0.375. The van der Waals surface area contributed by atoms with Gasteiger partial charge in [-0.15, -0.1) is 0 Å². The third-order valence-electron chi connectivity index (χ3n) is 1.36. The Labute approximate surface area is 85.2 Å². The number of carbonyl (C=O) groups is 1. The zero-order valence-electron chi connectivity index (χ0n) is 7.33. The molecule has 0 fully saturated rings. The second kappa shape index (κ2) is 5.56. The number of aliphatic hydroxyl groups is 1. The molecule has 1 aromatic rings. The van der Waals surface area contributed by atoms with Crippen LogP contribution in [0.1, 0.15) is 6.42 Å². The van der Waals surface area contributed by atoms with Crippen LogP contribution >= 0.6 is 11.8 Å². The van der Waals surface area contributed by atoms with Crippen LogP contribution in [0, 0.1) is 0 Å². The molecule has 1 unspecified atom stereocenters. The summed E-state index contributed by atoms with van der Waals surface area (Å²) in [6.07, 6.45) is 2.08. The second-order valence-electron chi connectivity index (χ2n) is 2.59. The van der Waals surface area contributed by atoms with Crippen LogP contribution < -0.4 is 0 Å². The number of hydrogen-bond acceptors (Lipinski definition) is 5. The fourth-order valence-corrected chi connectivity index (χ4v) is 1.52. The van der Waals surface area contributed by atoms with E-state index < -0.39 is 12.1 Å². The van der Waals surface area contributed by atoms with Crippen LogP contribution in [0.5, 0.6) is 0 Å². The van der Waals surface area contributed by atoms with Gasteiger partial charge in [0.25, 0.3) is 0 Å². The summed E-state index contributed by atoms with van der Waals surface area (Å²) in [4.78, 5) is 18.1. The third-order valence-corrected chi connectivity index (χ3v) is 2.38. The van der Waals surface area contributed by atoms with Crippen molar-refractivity contribution in [3.05, 3.63) is 18.5 Å². The van der Waals surface area contributed by atoms with E-state index in [9.17, 15) is 9.90 Å². The van der Waals surface area contributed by atoms with Crippen molar-refractivity contribution in [2.45, 2.75) is 17.7 Å². The van der Waals surface area contributed by atoms with Gasteiger partial charge in [-0.05, 0) is 6.07 Å². The number of rotatable bonds is 5. The van der Waals surface area contributed by atoms with E-state index in [1.165, 1.54) is 11.8 Å². The summed E-state index contributed by atoms with van der Waals surface area (Å²) in [7, 11) is 0. The Hall–Kier alpha value is -1.14. The number of aliphatic hydroxyl groups excluding tert-OH is 1. The Morgan fingerprint density at radius 3 is 2.71 bits per heavy atom. The van der Waals surface area contributed by atoms with Gasteiger partial charge in [0.1, 0.15) is 0 Å². The molecular formula is C8H10N2O3S. The maximum absolute atomic E-state index is 10.2. The fourth-order valence-electron chi connectivity index (χ4n) is 0.791. The van der Waals surface area contributed by atoms with Crippen LogP contribution in [0.2, 0.25) is 0 Å². The summed E-state index contributed by atoms with van der Waals surface area (Å²) < 4.78 is 0. The smallest absolute Gasteiger partial charge is 0.306 e. The van der Waals surface area contributed by atoms with E-state index in [0.717, 1.165) is 0 Å². The van der Waals surface area contributed by atoms with Gasteiger partial charge >= 0.3 is 5.97 Å². The summed E-state index contributed by atoms with van der Waals surface area (Å²) in [5, 5.41) is 18.1. The topological polar surface area (TPSA) is 83.3 Å². The van der Waals surface area contributed by atoms with Gasteiger partial charge in [0.15, 0.2) is 5.16 Å². The van der Waals surface area contributed by atoms with Crippen LogP contribution in [0.15, 0.2) is 23.6 Å². The first-order valence-corrected chi connectivity index (χ1v) is 4.96. The first kappa shape index (κ1) is 10.9. The van der Waals surface area contributed by atoms with Crippen molar-refractivity contribution >= 4 is 17.7 Å². The first-order valence-electron chi connectivity index (χ1n) is 3.98. The molecule has 1 atom stereocenters. The van der Waals surface area contributed by atoms with E-state index >= 15 is 0 Å². The molecular weight excluding hydrogens is 204 g/mol. The van der Waals surface area contributed by atoms with Gasteiger partial charge in [0.05, 0.1) is 12.5 Å². The van der Waals surface area contributed by atoms with E-state index in [-0.39, 0.29) is 12.2 Å². The molecule has 0 aliphatic carbocycles. The van der Waals surface area contributed by atoms with Crippen LogP contribution in [0.3, 0.4) is 0 Å². The van der Waals surface area contributed by atoms with Crippen molar-refractivity contribution in [1.29, 1.82) is 0 Å². The van der Waals surface area contributed by atoms with Crippen molar-refractivity contribution in [3.63, 3.8) is 0 Å². The summed E-state index contributed by atoms with van der Waals surface area (Å²) in [6.45, 7) is 0. The molecule has 5 nitrogen and oxygen atoms in total. The van der Waals surface area contributed by atoms with E-state index in [1.54, 1.807) is 18.5 Å². The summed E-state index contributed by atoms with van der Waals surface area (Å²) >= 11 is 1.23. The van der Waals surface area contributed by atoms with Crippen LogP contribution in [0.25, 0.3) is 0 Å². The highest BCUT2D eigenvalue weighted by molar-refractivity contribution is 7.99. The number of carboxylic acid groups (broad SMARTS) is 1. The minimum atomic E-state index is -1.01. The highest BCUT2D eigenvalue weighted by Crippen LogP contribution is 2.13. The highest BCUT2D eigenvalue weighted by Gasteiger charge is 2.10. The molecule has 1 heterocycles. The number of thioether (sulfide) groups is 1. The monoisotopic (exact) mass is 214 g/mol. The lowest BCUT2D eigenvalue weighted by Crippen LogP contribution is -2.15. The van der Waals surface area contributed by atoms with Gasteiger partial charge in [0, 0.05) is 18.1 Å². The van der Waals surface area contributed by atoms with Crippen molar-refractivity contribution in [2.24, 2.45) is 0 Å². The Balaban J connectivity index is 2.30. The van der Waals surface area contributed by atoms with Crippen LogP contribution in [-0.4, -0.2) is 38.0 Å². The normalized spacial score (nSPS) is 12.4. The van der Waals surface area contributed by atoms with Crippen LogP contribution in [0.4, 0.5) is 0 Å². The Kier molecular flexibility index (Phi) is 4.34. The molecule has 1 rings (SSSR count). The molecule has 0 bridgehead atoms. The molecule has 0 aliphatic rings. The minimum absolute atomic E-state index is 0.250. The lowest BCUT2D eigenvalue weighted by atomic mass is 10.3. The average molecular weight is 214 g/mol. The largest absolute Gasteiger partial charge is 0.481 e. The molecule has 14 heavy (non-hydrogen) atoms. The maximum atomic E-state index is 10.2. The summed E-state index contributed by atoms with van der Waals surface area (Å²) in [5.74, 6) is -0.719. The standard InChI is InChI=1S/C8H10N2O3S/c11-6(4-7(12)13)5-14-8-9-2-1-3-10-8/h1-3,6,11H,4-5H2,(H,12,13). The molecule has 0 radical (unpaired) electrons. The minimum Gasteiger partial charge on any atom is -0.481 e. The number of aliphatic carboxylic acids is 1. The van der Waals surface area contributed by atoms with Crippen molar-refractivity contribution in [3.8, 4) is 0 Å². The van der Waals surface area contributed by atoms with Gasteiger partial charge in [0.2, 0.25) is 0 Å². The molecule has 1 aromatic heterocycles. The van der Waals surface area contributed by atoms with E-state index in [2.05, 4.69) is 9.97 Å². The number of nitrogens with zero attached hydrogens (tertiary/aromatic N) is 2. The lowest BCUT2D eigenvalue weighted by molar-refractivity contribution is -0.138. The number of carboxylic acids is 1. The molecule has 0 saturated carbocycles. The van der Waals surface area contributed by atoms with E-state index in [0.29, 0.717) is 5.16 Å². The Morgan fingerprint density at radius 2 is 2.14 bits per heavy atom. The molecule has 0 amide bonds. The van der Waals surface area contributed by atoms with Gasteiger partial charge in [-0.1, -0.05) is 11.8 Å². The highest BCUT2D eigenvalue weighted by atomic mass is 32.2. The predicted molar refractivity (Wildman–Crippen MR) is 51.0 cm³/mol. The molecule has 76 valence electrons.